The second kappa shape index (κ2) is 10.5. The van der Waals surface area contributed by atoms with Crippen molar-refractivity contribution < 1.29 is 19.1 Å². The lowest BCUT2D eigenvalue weighted by molar-refractivity contribution is -0.111. The smallest absolute Gasteiger partial charge is 0.323 e. The van der Waals surface area contributed by atoms with E-state index in [4.69, 9.17) is 9.47 Å². The Morgan fingerprint density at radius 3 is 2.13 bits per heavy atom. The Kier molecular flexibility index (Phi) is 7.26. The summed E-state index contributed by atoms with van der Waals surface area (Å²) < 4.78 is 10.5. The molecule has 0 aliphatic heterocycles. The number of carbonyl (C=O) groups is 2. The number of nitrogens with one attached hydrogen (secondary N) is 3. The third-order valence-electron chi connectivity index (χ3n) is 4.27. The van der Waals surface area contributed by atoms with Gasteiger partial charge in [-0.3, -0.25) is 4.79 Å². The molecule has 0 atom stereocenters. The number of benzene rings is 3. The van der Waals surface area contributed by atoms with Crippen LogP contribution in [0, 0.1) is 0 Å². The van der Waals surface area contributed by atoms with E-state index in [1.165, 1.54) is 6.08 Å². The van der Waals surface area contributed by atoms with Gasteiger partial charge < -0.3 is 25.4 Å². The number of urea groups is 1. The van der Waals surface area contributed by atoms with Crippen LogP contribution in [0.15, 0.2) is 78.9 Å². The second-order valence-electron chi connectivity index (χ2n) is 6.46. The molecule has 0 aromatic heterocycles. The van der Waals surface area contributed by atoms with E-state index in [-0.39, 0.29) is 11.9 Å². The molecule has 3 N–H and O–H groups in total. The van der Waals surface area contributed by atoms with Gasteiger partial charge in [-0.1, -0.05) is 24.3 Å². The van der Waals surface area contributed by atoms with E-state index in [1.807, 2.05) is 18.2 Å². The number of hydrogen-bond donors (Lipinski definition) is 3. The van der Waals surface area contributed by atoms with Crippen LogP contribution in [0.2, 0.25) is 0 Å². The Balaban J connectivity index is 1.61. The summed E-state index contributed by atoms with van der Waals surface area (Å²) >= 11 is 0. The molecule has 0 saturated carbocycles. The van der Waals surface area contributed by atoms with E-state index in [1.54, 1.807) is 74.9 Å². The molecule has 0 unspecified atom stereocenters. The number of hydrogen-bond acceptors (Lipinski definition) is 4. The SMILES string of the molecule is COc1ccc(C=CC(=O)Nc2cccc(NC(=O)Nc3ccccc3)c2)c(OC)c1. The van der Waals surface area contributed by atoms with Crippen molar-refractivity contribution in [1.29, 1.82) is 0 Å². The van der Waals surface area contributed by atoms with Crippen LogP contribution < -0.4 is 25.4 Å². The minimum Gasteiger partial charge on any atom is -0.497 e. The predicted octanol–water partition coefficient (Wildman–Crippen LogP) is 5.00. The molecule has 0 aliphatic rings. The van der Waals surface area contributed by atoms with Crippen LogP contribution >= 0.6 is 0 Å². The van der Waals surface area contributed by atoms with Gasteiger partial charge in [0.15, 0.2) is 0 Å². The topological polar surface area (TPSA) is 88.7 Å². The summed E-state index contributed by atoms with van der Waals surface area (Å²) in [4.78, 5) is 24.5. The molecule has 3 aromatic rings. The van der Waals surface area contributed by atoms with Crippen molar-refractivity contribution in [3.8, 4) is 11.5 Å². The number of para-hydroxylation sites is 1. The number of anilines is 3. The lowest BCUT2D eigenvalue weighted by atomic mass is 10.1. The standard InChI is InChI=1S/C24H23N3O4/c1-30-21-13-11-17(22(16-21)31-2)12-14-23(28)25-19-9-6-10-20(15-19)27-24(29)26-18-7-4-3-5-8-18/h3-16H,1-2H3,(H,25,28)(H2,26,27,29). The van der Waals surface area contributed by atoms with Crippen LogP contribution in [0.1, 0.15) is 5.56 Å². The highest BCUT2D eigenvalue weighted by Crippen LogP contribution is 2.25. The molecule has 0 fully saturated rings. The van der Waals surface area contributed by atoms with Crippen LogP contribution in [0.25, 0.3) is 6.08 Å². The average molecular weight is 417 g/mol. The number of rotatable bonds is 7. The van der Waals surface area contributed by atoms with Crippen LogP contribution in [0.5, 0.6) is 11.5 Å². The van der Waals surface area contributed by atoms with Crippen LogP contribution in [0.3, 0.4) is 0 Å². The van der Waals surface area contributed by atoms with E-state index in [2.05, 4.69) is 16.0 Å². The molecule has 3 rings (SSSR count). The highest BCUT2D eigenvalue weighted by molar-refractivity contribution is 6.03. The lowest BCUT2D eigenvalue weighted by Gasteiger charge is -2.09. The summed E-state index contributed by atoms with van der Waals surface area (Å²) in [5.74, 6) is 0.946. The maximum absolute atomic E-state index is 12.3. The number of methoxy groups -OCH3 is 2. The monoisotopic (exact) mass is 417 g/mol. The van der Waals surface area contributed by atoms with Crippen molar-refractivity contribution in [3.05, 3.63) is 84.4 Å². The van der Waals surface area contributed by atoms with Gasteiger partial charge in [0.1, 0.15) is 11.5 Å². The quantitative estimate of drug-likeness (QED) is 0.472. The fourth-order valence-corrected chi connectivity index (χ4v) is 2.80. The average Bonchev–Trinajstić information content (AvgIpc) is 2.78. The van der Waals surface area contributed by atoms with E-state index in [0.29, 0.717) is 28.6 Å². The molecule has 3 aromatic carbocycles. The first-order valence-electron chi connectivity index (χ1n) is 9.51. The van der Waals surface area contributed by atoms with Crippen molar-refractivity contribution in [2.45, 2.75) is 0 Å². The molecular formula is C24H23N3O4. The molecule has 7 heteroatoms. The molecule has 0 spiro atoms. The highest BCUT2D eigenvalue weighted by atomic mass is 16.5. The van der Waals surface area contributed by atoms with E-state index in [9.17, 15) is 9.59 Å². The minimum absolute atomic E-state index is 0.316. The Morgan fingerprint density at radius 1 is 0.742 bits per heavy atom. The molecule has 0 saturated heterocycles. The molecule has 31 heavy (non-hydrogen) atoms. The molecule has 158 valence electrons. The molecule has 0 radical (unpaired) electrons. The van der Waals surface area contributed by atoms with Crippen molar-refractivity contribution in [2.75, 3.05) is 30.2 Å². The van der Waals surface area contributed by atoms with Crippen LogP contribution in [0.4, 0.5) is 21.9 Å². The number of carbonyl (C=O) groups excluding carboxylic acids is 2. The van der Waals surface area contributed by atoms with Gasteiger partial charge in [-0.25, -0.2) is 4.79 Å². The Bertz CT molecular complexity index is 1080. The van der Waals surface area contributed by atoms with Crippen molar-refractivity contribution in [1.82, 2.24) is 0 Å². The summed E-state index contributed by atoms with van der Waals surface area (Å²) in [6.07, 6.45) is 3.07. The lowest BCUT2D eigenvalue weighted by Crippen LogP contribution is -2.19. The fraction of sp³-hybridized carbons (Fsp3) is 0.0833. The van der Waals surface area contributed by atoms with Gasteiger partial charge >= 0.3 is 6.03 Å². The largest absolute Gasteiger partial charge is 0.497 e. The van der Waals surface area contributed by atoms with Crippen molar-refractivity contribution >= 4 is 35.1 Å². The molecular weight excluding hydrogens is 394 g/mol. The Morgan fingerprint density at radius 2 is 1.42 bits per heavy atom. The normalized spacial score (nSPS) is 10.4. The number of amides is 3. The molecule has 7 nitrogen and oxygen atoms in total. The first-order chi connectivity index (χ1) is 15.1. The zero-order chi connectivity index (χ0) is 22.1. The first kappa shape index (κ1) is 21.4. The summed E-state index contributed by atoms with van der Waals surface area (Å²) in [6, 6.07) is 21.0. The zero-order valence-corrected chi connectivity index (χ0v) is 17.2. The van der Waals surface area contributed by atoms with Gasteiger partial charge in [0.25, 0.3) is 0 Å². The van der Waals surface area contributed by atoms with E-state index in [0.717, 1.165) is 5.56 Å². The maximum atomic E-state index is 12.3. The van der Waals surface area contributed by atoms with E-state index >= 15 is 0 Å². The van der Waals surface area contributed by atoms with Crippen LogP contribution in [-0.4, -0.2) is 26.2 Å². The Hall–Kier alpha value is -4.26. The zero-order valence-electron chi connectivity index (χ0n) is 17.2. The predicted molar refractivity (Wildman–Crippen MR) is 123 cm³/mol. The number of ether oxygens (including phenoxy) is 2. The highest BCUT2D eigenvalue weighted by Gasteiger charge is 2.06. The third kappa shape index (κ3) is 6.37. The minimum atomic E-state index is -0.374. The van der Waals surface area contributed by atoms with Gasteiger partial charge in [0.05, 0.1) is 14.2 Å². The van der Waals surface area contributed by atoms with Crippen molar-refractivity contribution in [3.63, 3.8) is 0 Å². The van der Waals surface area contributed by atoms with Crippen LogP contribution in [-0.2, 0) is 4.79 Å². The van der Waals surface area contributed by atoms with Gasteiger partial charge in [-0.05, 0) is 48.5 Å². The molecule has 0 aliphatic carbocycles. The fourth-order valence-electron chi connectivity index (χ4n) is 2.80. The third-order valence-corrected chi connectivity index (χ3v) is 4.27. The second-order valence-corrected chi connectivity index (χ2v) is 6.46. The summed E-state index contributed by atoms with van der Waals surface area (Å²) in [6.45, 7) is 0. The summed E-state index contributed by atoms with van der Waals surface area (Å²) in [5, 5.41) is 8.25. The van der Waals surface area contributed by atoms with Gasteiger partial charge in [-0.2, -0.15) is 0 Å². The Labute approximate surface area is 180 Å². The molecule has 0 heterocycles. The summed E-state index contributed by atoms with van der Waals surface area (Å²) in [5.41, 5.74) is 2.52. The first-order valence-corrected chi connectivity index (χ1v) is 9.51. The van der Waals surface area contributed by atoms with E-state index < -0.39 is 0 Å². The molecule has 3 amide bonds. The van der Waals surface area contributed by atoms with Gasteiger partial charge in [0.2, 0.25) is 5.91 Å². The van der Waals surface area contributed by atoms with Crippen molar-refractivity contribution in [2.24, 2.45) is 0 Å². The summed E-state index contributed by atoms with van der Waals surface area (Å²) in [7, 11) is 3.13. The van der Waals surface area contributed by atoms with Gasteiger partial charge in [0, 0.05) is 34.8 Å². The maximum Gasteiger partial charge on any atom is 0.323 e. The molecule has 0 bridgehead atoms. The van der Waals surface area contributed by atoms with Gasteiger partial charge in [-0.15, -0.1) is 0 Å².